The first-order valence-electron chi connectivity index (χ1n) is 6.61. The van der Waals surface area contributed by atoms with Gasteiger partial charge in [0.25, 0.3) is 0 Å². The highest BCUT2D eigenvalue weighted by atomic mass is 16.5. The van der Waals surface area contributed by atoms with Gasteiger partial charge in [0.15, 0.2) is 0 Å². The molecule has 0 fully saturated rings. The first-order valence-corrected chi connectivity index (χ1v) is 6.61. The third kappa shape index (κ3) is 2.58. The van der Waals surface area contributed by atoms with Crippen LogP contribution in [0, 0.1) is 11.3 Å². The Morgan fingerprint density at radius 1 is 0.952 bits per heavy atom. The van der Waals surface area contributed by atoms with Gasteiger partial charge < -0.3 is 9.84 Å². The van der Waals surface area contributed by atoms with E-state index in [1.54, 1.807) is 18.2 Å². The second-order valence-electron chi connectivity index (χ2n) is 4.68. The summed E-state index contributed by atoms with van der Waals surface area (Å²) >= 11 is 0. The first-order chi connectivity index (χ1) is 10.3. The van der Waals surface area contributed by atoms with E-state index in [1.807, 2.05) is 42.5 Å². The zero-order valence-corrected chi connectivity index (χ0v) is 11.3. The van der Waals surface area contributed by atoms with E-state index in [4.69, 9.17) is 10.00 Å². The highest BCUT2D eigenvalue weighted by molar-refractivity contribution is 5.92. The van der Waals surface area contributed by atoms with Gasteiger partial charge in [-0.05, 0) is 29.8 Å². The molecule has 0 radical (unpaired) electrons. The van der Waals surface area contributed by atoms with Crippen LogP contribution in [0.15, 0.2) is 60.7 Å². The van der Waals surface area contributed by atoms with Crippen molar-refractivity contribution in [2.75, 3.05) is 0 Å². The van der Waals surface area contributed by atoms with E-state index in [0.717, 1.165) is 16.3 Å². The summed E-state index contributed by atoms with van der Waals surface area (Å²) in [4.78, 5) is 0. The van der Waals surface area contributed by atoms with Crippen molar-refractivity contribution < 1.29 is 9.84 Å². The molecule has 21 heavy (non-hydrogen) atoms. The molecule has 0 spiro atoms. The summed E-state index contributed by atoms with van der Waals surface area (Å²) in [5, 5.41) is 20.1. The fourth-order valence-corrected chi connectivity index (χ4v) is 2.29. The van der Waals surface area contributed by atoms with Gasteiger partial charge in [-0.3, -0.25) is 0 Å². The number of rotatable bonds is 3. The number of aliphatic hydroxyl groups excluding tert-OH is 1. The summed E-state index contributed by atoms with van der Waals surface area (Å²) in [6, 6.07) is 20.7. The molecule has 3 heteroatoms. The molecule has 3 aromatic carbocycles. The van der Waals surface area contributed by atoms with E-state index in [0.29, 0.717) is 17.1 Å². The minimum atomic E-state index is -0.0225. The smallest absolute Gasteiger partial charge is 0.135 e. The lowest BCUT2D eigenvalue weighted by molar-refractivity contribution is 0.281. The second-order valence-corrected chi connectivity index (χ2v) is 4.68. The molecular weight excluding hydrogens is 262 g/mol. The summed E-state index contributed by atoms with van der Waals surface area (Å²) in [5.74, 6) is 1.36. The summed E-state index contributed by atoms with van der Waals surface area (Å²) in [6.07, 6.45) is 0. The van der Waals surface area contributed by atoms with Gasteiger partial charge in [-0.15, -0.1) is 0 Å². The quantitative estimate of drug-likeness (QED) is 0.786. The maximum Gasteiger partial charge on any atom is 0.135 e. The van der Waals surface area contributed by atoms with Crippen molar-refractivity contribution in [3.63, 3.8) is 0 Å². The molecule has 0 aromatic heterocycles. The fraction of sp³-hybridized carbons (Fsp3) is 0.0556. The molecule has 1 N–H and O–H groups in total. The monoisotopic (exact) mass is 275 g/mol. The third-order valence-electron chi connectivity index (χ3n) is 3.31. The molecule has 0 aliphatic heterocycles. The molecule has 0 saturated carbocycles. The Hall–Kier alpha value is -2.83. The Morgan fingerprint density at radius 2 is 1.76 bits per heavy atom. The topological polar surface area (TPSA) is 53.2 Å². The van der Waals surface area contributed by atoms with Gasteiger partial charge in [-0.25, -0.2) is 0 Å². The van der Waals surface area contributed by atoms with Crippen molar-refractivity contribution in [3.05, 3.63) is 71.8 Å². The Morgan fingerprint density at radius 3 is 2.52 bits per heavy atom. The van der Waals surface area contributed by atoms with Gasteiger partial charge in [0.05, 0.1) is 18.2 Å². The predicted octanol–water partition coefficient (Wildman–Crippen LogP) is 4.00. The fourth-order valence-electron chi connectivity index (χ4n) is 2.29. The van der Waals surface area contributed by atoms with E-state index in [1.165, 1.54) is 0 Å². The lowest BCUT2D eigenvalue weighted by Crippen LogP contribution is -1.89. The van der Waals surface area contributed by atoms with Crippen LogP contribution in [-0.2, 0) is 6.61 Å². The zero-order valence-electron chi connectivity index (χ0n) is 11.3. The third-order valence-corrected chi connectivity index (χ3v) is 3.31. The van der Waals surface area contributed by atoms with Crippen molar-refractivity contribution in [2.45, 2.75) is 6.61 Å². The molecule has 0 atom stereocenters. The van der Waals surface area contributed by atoms with E-state index in [9.17, 15) is 5.11 Å². The molecule has 0 aliphatic rings. The van der Waals surface area contributed by atoms with Crippen LogP contribution in [0.2, 0.25) is 0 Å². The number of hydrogen-bond donors (Lipinski definition) is 1. The van der Waals surface area contributed by atoms with E-state index < -0.39 is 0 Å². The SMILES string of the molecule is N#Cc1ccc(Oc2cccc(CO)c2)c2ccccc12. The van der Waals surface area contributed by atoms with Crippen LogP contribution in [0.1, 0.15) is 11.1 Å². The number of nitrogens with zero attached hydrogens (tertiary/aromatic N) is 1. The van der Waals surface area contributed by atoms with Crippen LogP contribution in [0.4, 0.5) is 0 Å². The lowest BCUT2D eigenvalue weighted by atomic mass is 10.0. The average Bonchev–Trinajstić information content (AvgIpc) is 2.55. The standard InChI is InChI=1S/C18H13NO2/c19-11-14-8-9-18(17-7-2-1-6-16(14)17)21-15-5-3-4-13(10-15)12-20/h1-10,20H,12H2. The molecule has 0 aliphatic carbocycles. The minimum Gasteiger partial charge on any atom is -0.457 e. The number of ether oxygens (including phenoxy) is 1. The van der Waals surface area contributed by atoms with Gasteiger partial charge in [-0.2, -0.15) is 5.26 Å². The number of aliphatic hydroxyl groups is 1. The number of hydrogen-bond acceptors (Lipinski definition) is 3. The van der Waals surface area contributed by atoms with Crippen LogP contribution in [-0.4, -0.2) is 5.11 Å². The normalized spacial score (nSPS) is 10.3. The molecule has 0 saturated heterocycles. The minimum absolute atomic E-state index is 0.0225. The molecule has 3 rings (SSSR count). The Bertz CT molecular complexity index is 834. The van der Waals surface area contributed by atoms with Crippen LogP contribution >= 0.6 is 0 Å². The maximum atomic E-state index is 9.18. The second kappa shape index (κ2) is 5.66. The van der Waals surface area contributed by atoms with Crippen LogP contribution in [0.5, 0.6) is 11.5 Å². The van der Waals surface area contributed by atoms with Gasteiger partial charge in [0.1, 0.15) is 11.5 Å². The highest BCUT2D eigenvalue weighted by Gasteiger charge is 2.07. The van der Waals surface area contributed by atoms with E-state index in [2.05, 4.69) is 6.07 Å². The number of benzene rings is 3. The average molecular weight is 275 g/mol. The number of nitriles is 1. The molecule has 0 amide bonds. The molecule has 0 unspecified atom stereocenters. The van der Waals surface area contributed by atoms with Crippen LogP contribution in [0.3, 0.4) is 0 Å². The summed E-state index contributed by atoms with van der Waals surface area (Å²) in [7, 11) is 0. The van der Waals surface area contributed by atoms with Crippen molar-refractivity contribution >= 4 is 10.8 Å². The Balaban J connectivity index is 2.07. The summed E-state index contributed by atoms with van der Waals surface area (Å²) in [5.41, 5.74) is 1.42. The van der Waals surface area contributed by atoms with Gasteiger partial charge >= 0.3 is 0 Å². The molecule has 3 aromatic rings. The van der Waals surface area contributed by atoms with Gasteiger partial charge in [-0.1, -0.05) is 36.4 Å². The van der Waals surface area contributed by atoms with Crippen molar-refractivity contribution in [2.24, 2.45) is 0 Å². The first kappa shape index (κ1) is 13.2. The maximum absolute atomic E-state index is 9.18. The number of fused-ring (bicyclic) bond motifs is 1. The largest absolute Gasteiger partial charge is 0.457 e. The molecule has 0 heterocycles. The molecular formula is C18H13NO2. The van der Waals surface area contributed by atoms with E-state index >= 15 is 0 Å². The molecule has 102 valence electrons. The van der Waals surface area contributed by atoms with Gasteiger partial charge in [0, 0.05) is 10.8 Å². The van der Waals surface area contributed by atoms with Crippen LogP contribution in [0.25, 0.3) is 10.8 Å². The lowest BCUT2D eigenvalue weighted by Gasteiger charge is -2.10. The van der Waals surface area contributed by atoms with Crippen LogP contribution < -0.4 is 4.74 Å². The highest BCUT2D eigenvalue weighted by Crippen LogP contribution is 2.32. The van der Waals surface area contributed by atoms with Crippen molar-refractivity contribution in [1.82, 2.24) is 0 Å². The van der Waals surface area contributed by atoms with E-state index in [-0.39, 0.29) is 6.61 Å². The zero-order chi connectivity index (χ0) is 14.7. The van der Waals surface area contributed by atoms with Crippen molar-refractivity contribution in [1.29, 1.82) is 5.26 Å². The predicted molar refractivity (Wildman–Crippen MR) is 81.1 cm³/mol. The Kier molecular flexibility index (Phi) is 3.55. The summed E-state index contributed by atoms with van der Waals surface area (Å²) < 4.78 is 5.91. The molecule has 0 bridgehead atoms. The van der Waals surface area contributed by atoms with Crippen molar-refractivity contribution in [3.8, 4) is 17.6 Å². The Labute approximate surface area is 122 Å². The summed E-state index contributed by atoms with van der Waals surface area (Å²) in [6.45, 7) is -0.0225. The van der Waals surface area contributed by atoms with Gasteiger partial charge in [0.2, 0.25) is 0 Å². The molecule has 3 nitrogen and oxygen atoms in total.